The predicted molar refractivity (Wildman–Crippen MR) is 70.3 cm³/mol. The van der Waals surface area contributed by atoms with Crippen molar-refractivity contribution in [1.29, 1.82) is 5.26 Å². The van der Waals surface area contributed by atoms with E-state index in [1.165, 1.54) is 0 Å². The molecule has 0 aliphatic heterocycles. The second-order valence-electron chi connectivity index (χ2n) is 3.85. The van der Waals surface area contributed by atoms with E-state index in [9.17, 15) is 0 Å². The number of halogens is 1. The van der Waals surface area contributed by atoms with Crippen molar-refractivity contribution in [3.05, 3.63) is 52.9 Å². The van der Waals surface area contributed by atoms with Gasteiger partial charge in [0.2, 0.25) is 5.28 Å². The monoisotopic (exact) mass is 258 g/mol. The van der Waals surface area contributed by atoms with Gasteiger partial charge in [-0.1, -0.05) is 12.1 Å². The van der Waals surface area contributed by atoms with Gasteiger partial charge < -0.3 is 4.90 Å². The van der Waals surface area contributed by atoms with E-state index in [1.807, 2.05) is 30.1 Å². The van der Waals surface area contributed by atoms with Crippen LogP contribution in [-0.4, -0.2) is 17.0 Å². The highest BCUT2D eigenvalue weighted by atomic mass is 35.5. The number of nitriles is 1. The van der Waals surface area contributed by atoms with Crippen LogP contribution in [0.4, 0.5) is 5.82 Å². The summed E-state index contributed by atoms with van der Waals surface area (Å²) in [6.07, 6.45) is 1.62. The molecule has 0 fully saturated rings. The summed E-state index contributed by atoms with van der Waals surface area (Å²) in [5.41, 5.74) is 1.70. The third-order valence-electron chi connectivity index (χ3n) is 2.48. The Hall–Kier alpha value is -2.12. The number of anilines is 1. The Kier molecular flexibility index (Phi) is 3.75. The average Bonchev–Trinajstić information content (AvgIpc) is 2.39. The molecule has 1 aromatic carbocycles. The standard InChI is InChI=1S/C13H11ClN4/c1-18(12-5-6-16-13(14)17-12)9-11-4-2-3-10(7-11)8-15/h2-7H,9H2,1H3. The van der Waals surface area contributed by atoms with Crippen LogP contribution in [0, 0.1) is 11.3 Å². The molecule has 0 saturated heterocycles. The lowest BCUT2D eigenvalue weighted by atomic mass is 10.1. The molecule has 0 radical (unpaired) electrons. The van der Waals surface area contributed by atoms with Crippen molar-refractivity contribution in [2.24, 2.45) is 0 Å². The minimum atomic E-state index is 0.227. The molecular weight excluding hydrogens is 248 g/mol. The van der Waals surface area contributed by atoms with Gasteiger partial charge in [-0.2, -0.15) is 5.26 Å². The zero-order chi connectivity index (χ0) is 13.0. The first kappa shape index (κ1) is 12.3. The topological polar surface area (TPSA) is 52.8 Å². The summed E-state index contributed by atoms with van der Waals surface area (Å²) in [7, 11) is 1.91. The van der Waals surface area contributed by atoms with Crippen LogP contribution in [0.1, 0.15) is 11.1 Å². The fraction of sp³-hybridized carbons (Fsp3) is 0.154. The van der Waals surface area contributed by atoms with Crippen molar-refractivity contribution in [1.82, 2.24) is 9.97 Å². The molecule has 0 amide bonds. The van der Waals surface area contributed by atoms with E-state index in [2.05, 4.69) is 16.0 Å². The van der Waals surface area contributed by atoms with Crippen molar-refractivity contribution in [2.45, 2.75) is 6.54 Å². The zero-order valence-corrected chi connectivity index (χ0v) is 10.6. The minimum absolute atomic E-state index is 0.227. The second-order valence-corrected chi connectivity index (χ2v) is 4.19. The van der Waals surface area contributed by atoms with Gasteiger partial charge in [-0.25, -0.2) is 9.97 Å². The van der Waals surface area contributed by atoms with Gasteiger partial charge in [0, 0.05) is 19.8 Å². The summed E-state index contributed by atoms with van der Waals surface area (Å²) >= 11 is 5.75. The third-order valence-corrected chi connectivity index (χ3v) is 2.66. The first-order valence-corrected chi connectivity index (χ1v) is 5.75. The lowest BCUT2D eigenvalue weighted by Gasteiger charge is -2.18. The average molecular weight is 259 g/mol. The van der Waals surface area contributed by atoms with Crippen molar-refractivity contribution >= 4 is 17.4 Å². The van der Waals surface area contributed by atoms with Gasteiger partial charge in [-0.3, -0.25) is 0 Å². The van der Waals surface area contributed by atoms with E-state index in [0.717, 1.165) is 11.4 Å². The van der Waals surface area contributed by atoms with Crippen LogP contribution in [0.15, 0.2) is 36.5 Å². The maximum absolute atomic E-state index is 8.85. The maximum atomic E-state index is 8.85. The molecule has 2 rings (SSSR count). The fourth-order valence-corrected chi connectivity index (χ4v) is 1.78. The van der Waals surface area contributed by atoms with Gasteiger partial charge in [0.25, 0.3) is 0 Å². The maximum Gasteiger partial charge on any atom is 0.224 e. The molecule has 90 valence electrons. The quantitative estimate of drug-likeness (QED) is 0.794. The Labute approximate surface area is 110 Å². The molecule has 4 nitrogen and oxygen atoms in total. The van der Waals surface area contributed by atoms with E-state index in [0.29, 0.717) is 12.1 Å². The Morgan fingerprint density at radius 2 is 2.22 bits per heavy atom. The Bertz CT molecular complexity index is 592. The minimum Gasteiger partial charge on any atom is -0.355 e. The van der Waals surface area contributed by atoms with Crippen LogP contribution in [0.5, 0.6) is 0 Å². The Balaban J connectivity index is 2.16. The Morgan fingerprint density at radius 1 is 1.39 bits per heavy atom. The van der Waals surface area contributed by atoms with Gasteiger partial charge >= 0.3 is 0 Å². The van der Waals surface area contributed by atoms with Gasteiger partial charge in [-0.15, -0.1) is 0 Å². The molecule has 0 aliphatic rings. The third kappa shape index (κ3) is 2.96. The van der Waals surface area contributed by atoms with Gasteiger partial charge in [0.15, 0.2) is 0 Å². The van der Waals surface area contributed by atoms with Gasteiger partial charge in [0.05, 0.1) is 11.6 Å². The number of benzene rings is 1. The molecule has 5 heteroatoms. The predicted octanol–water partition coefficient (Wildman–Crippen LogP) is 2.64. The normalized spacial score (nSPS) is 9.83. The summed E-state index contributed by atoms with van der Waals surface area (Å²) in [5.74, 6) is 0.748. The lowest BCUT2D eigenvalue weighted by molar-refractivity contribution is 0.890. The van der Waals surface area contributed by atoms with Crippen LogP contribution < -0.4 is 4.90 Å². The molecule has 0 N–H and O–H groups in total. The van der Waals surface area contributed by atoms with Gasteiger partial charge in [-0.05, 0) is 35.4 Å². The number of nitrogens with zero attached hydrogens (tertiary/aromatic N) is 4. The van der Waals surface area contributed by atoms with E-state index in [-0.39, 0.29) is 5.28 Å². The summed E-state index contributed by atoms with van der Waals surface area (Å²) in [6.45, 7) is 0.656. The number of aromatic nitrogens is 2. The zero-order valence-electron chi connectivity index (χ0n) is 9.84. The summed E-state index contributed by atoms with van der Waals surface area (Å²) in [5, 5.41) is 9.07. The van der Waals surface area contributed by atoms with Crippen LogP contribution in [0.3, 0.4) is 0 Å². The molecule has 18 heavy (non-hydrogen) atoms. The Morgan fingerprint density at radius 3 is 2.94 bits per heavy atom. The number of hydrogen-bond acceptors (Lipinski definition) is 4. The molecule has 0 unspecified atom stereocenters. The van der Waals surface area contributed by atoms with E-state index in [1.54, 1.807) is 18.3 Å². The molecule has 1 aromatic heterocycles. The van der Waals surface area contributed by atoms with Crippen LogP contribution >= 0.6 is 11.6 Å². The largest absolute Gasteiger partial charge is 0.355 e. The van der Waals surface area contributed by atoms with Crippen molar-refractivity contribution in [3.8, 4) is 6.07 Å². The molecule has 0 aliphatic carbocycles. The second kappa shape index (κ2) is 5.48. The molecule has 2 aromatic rings. The van der Waals surface area contributed by atoms with Crippen molar-refractivity contribution < 1.29 is 0 Å². The summed E-state index contributed by atoms with van der Waals surface area (Å²) in [6, 6.07) is 11.4. The fourth-order valence-electron chi connectivity index (χ4n) is 1.63. The molecular formula is C13H11ClN4. The molecule has 1 heterocycles. The molecule has 0 spiro atoms. The highest BCUT2D eigenvalue weighted by Crippen LogP contribution is 2.14. The molecule has 0 atom stereocenters. The van der Waals surface area contributed by atoms with Crippen LogP contribution in [0.25, 0.3) is 0 Å². The van der Waals surface area contributed by atoms with E-state index < -0.39 is 0 Å². The first-order valence-electron chi connectivity index (χ1n) is 5.38. The molecule has 0 bridgehead atoms. The van der Waals surface area contributed by atoms with Crippen LogP contribution in [-0.2, 0) is 6.54 Å². The van der Waals surface area contributed by atoms with Crippen molar-refractivity contribution in [3.63, 3.8) is 0 Å². The number of hydrogen-bond donors (Lipinski definition) is 0. The SMILES string of the molecule is CN(Cc1cccc(C#N)c1)c1ccnc(Cl)n1. The van der Waals surface area contributed by atoms with Gasteiger partial charge in [0.1, 0.15) is 5.82 Å². The first-order chi connectivity index (χ1) is 8.69. The molecule has 0 saturated carbocycles. The van der Waals surface area contributed by atoms with E-state index >= 15 is 0 Å². The number of rotatable bonds is 3. The summed E-state index contributed by atoms with van der Waals surface area (Å²) in [4.78, 5) is 9.92. The highest BCUT2D eigenvalue weighted by Gasteiger charge is 2.05. The summed E-state index contributed by atoms with van der Waals surface area (Å²) < 4.78 is 0. The van der Waals surface area contributed by atoms with Crippen molar-refractivity contribution in [2.75, 3.05) is 11.9 Å². The smallest absolute Gasteiger partial charge is 0.224 e. The van der Waals surface area contributed by atoms with E-state index in [4.69, 9.17) is 16.9 Å². The van der Waals surface area contributed by atoms with Crippen LogP contribution in [0.2, 0.25) is 5.28 Å². The lowest BCUT2D eigenvalue weighted by Crippen LogP contribution is -2.17. The highest BCUT2D eigenvalue weighted by molar-refractivity contribution is 6.28.